The Labute approximate surface area is 122 Å². The lowest BCUT2D eigenvalue weighted by atomic mass is 9.85. The van der Waals surface area contributed by atoms with Gasteiger partial charge in [-0.15, -0.1) is 0 Å². The lowest BCUT2D eigenvalue weighted by molar-refractivity contribution is 0.289. The van der Waals surface area contributed by atoms with Crippen LogP contribution in [0.15, 0.2) is 22.6 Å². The highest BCUT2D eigenvalue weighted by Gasteiger charge is 2.27. The Balaban J connectivity index is 2.65. The molecule has 2 nitrogen and oxygen atoms in total. The maximum absolute atomic E-state index is 6.34. The van der Waals surface area contributed by atoms with Crippen LogP contribution in [0.3, 0.4) is 0 Å². The van der Waals surface area contributed by atoms with Gasteiger partial charge in [0.15, 0.2) is 0 Å². The SMILES string of the molecule is Cc1cc(C(C)(C)C)c2oc(C(N)C(C)(C)C)cc2c1. The van der Waals surface area contributed by atoms with E-state index < -0.39 is 0 Å². The Kier molecular flexibility index (Phi) is 3.50. The fourth-order valence-corrected chi connectivity index (χ4v) is 2.46. The summed E-state index contributed by atoms with van der Waals surface area (Å²) < 4.78 is 6.14. The summed E-state index contributed by atoms with van der Waals surface area (Å²) in [5, 5.41) is 1.16. The number of hydrogen-bond donors (Lipinski definition) is 1. The van der Waals surface area contributed by atoms with Crippen molar-refractivity contribution < 1.29 is 4.42 Å². The molecule has 0 saturated heterocycles. The van der Waals surface area contributed by atoms with E-state index in [0.717, 1.165) is 16.7 Å². The first kappa shape index (κ1) is 15.1. The number of aryl methyl sites for hydroxylation is 1. The van der Waals surface area contributed by atoms with Crippen LogP contribution >= 0.6 is 0 Å². The standard InChI is InChI=1S/C18H27NO/c1-11-8-12-10-14(16(19)18(5,6)7)20-15(12)13(9-11)17(2,3)4/h8-10,16H,19H2,1-7H3. The minimum absolute atomic E-state index is 0.00911. The molecule has 110 valence electrons. The van der Waals surface area contributed by atoms with Crippen molar-refractivity contribution in [2.45, 2.75) is 59.9 Å². The Morgan fingerprint density at radius 1 is 1.00 bits per heavy atom. The normalized spacial score (nSPS) is 14.8. The molecule has 0 aliphatic rings. The molecule has 2 heteroatoms. The zero-order valence-corrected chi connectivity index (χ0v) is 13.8. The van der Waals surface area contributed by atoms with Gasteiger partial charge in [-0.1, -0.05) is 47.6 Å². The second kappa shape index (κ2) is 4.63. The number of fused-ring (bicyclic) bond motifs is 1. The van der Waals surface area contributed by atoms with E-state index in [4.69, 9.17) is 10.2 Å². The highest BCUT2D eigenvalue weighted by molar-refractivity contribution is 5.83. The molecular weight excluding hydrogens is 246 g/mol. The molecule has 0 saturated carbocycles. The Bertz CT molecular complexity index is 623. The minimum Gasteiger partial charge on any atom is -0.459 e. The van der Waals surface area contributed by atoms with Crippen LogP contribution in [0, 0.1) is 12.3 Å². The molecule has 1 atom stereocenters. The lowest BCUT2D eigenvalue weighted by Crippen LogP contribution is -2.25. The van der Waals surface area contributed by atoms with Crippen molar-refractivity contribution in [3.05, 3.63) is 35.1 Å². The molecule has 2 N–H and O–H groups in total. The molecule has 0 radical (unpaired) electrons. The van der Waals surface area contributed by atoms with Crippen LogP contribution in [0.2, 0.25) is 0 Å². The third kappa shape index (κ3) is 2.76. The van der Waals surface area contributed by atoms with Gasteiger partial charge < -0.3 is 10.2 Å². The molecule has 1 aromatic carbocycles. The van der Waals surface area contributed by atoms with E-state index in [9.17, 15) is 0 Å². The second-order valence-corrected chi connectivity index (χ2v) is 7.97. The van der Waals surface area contributed by atoms with E-state index >= 15 is 0 Å². The van der Waals surface area contributed by atoms with Crippen molar-refractivity contribution in [2.75, 3.05) is 0 Å². The van der Waals surface area contributed by atoms with E-state index in [1.54, 1.807) is 0 Å². The van der Waals surface area contributed by atoms with Gasteiger partial charge in [0, 0.05) is 10.9 Å². The van der Waals surface area contributed by atoms with E-state index in [2.05, 4.69) is 66.7 Å². The number of furan rings is 1. The minimum atomic E-state index is -0.0944. The van der Waals surface area contributed by atoms with Gasteiger partial charge in [-0.3, -0.25) is 0 Å². The molecule has 2 rings (SSSR count). The van der Waals surface area contributed by atoms with Crippen molar-refractivity contribution in [3.63, 3.8) is 0 Å². The first-order chi connectivity index (χ1) is 9.00. The van der Waals surface area contributed by atoms with Crippen molar-refractivity contribution in [1.82, 2.24) is 0 Å². The zero-order chi connectivity index (χ0) is 15.3. The van der Waals surface area contributed by atoms with Gasteiger partial charge in [-0.05, 0) is 35.4 Å². The van der Waals surface area contributed by atoms with E-state index in [1.165, 1.54) is 11.1 Å². The molecule has 0 amide bonds. The zero-order valence-electron chi connectivity index (χ0n) is 13.8. The molecule has 2 aromatic rings. The summed E-state index contributed by atoms with van der Waals surface area (Å²) in [6.45, 7) is 15.2. The summed E-state index contributed by atoms with van der Waals surface area (Å²) in [4.78, 5) is 0. The monoisotopic (exact) mass is 273 g/mol. The van der Waals surface area contributed by atoms with Crippen LogP contribution in [0.1, 0.15) is 64.5 Å². The van der Waals surface area contributed by atoms with Crippen LogP contribution in [-0.4, -0.2) is 0 Å². The smallest absolute Gasteiger partial charge is 0.138 e. The Morgan fingerprint density at radius 3 is 2.10 bits per heavy atom. The van der Waals surface area contributed by atoms with Crippen LogP contribution in [-0.2, 0) is 5.41 Å². The molecule has 0 aliphatic heterocycles. The molecule has 1 heterocycles. The summed E-state index contributed by atoms with van der Waals surface area (Å²) in [7, 11) is 0. The quantitative estimate of drug-likeness (QED) is 0.786. The van der Waals surface area contributed by atoms with E-state index in [0.29, 0.717) is 0 Å². The van der Waals surface area contributed by atoms with Crippen molar-refractivity contribution >= 4 is 11.0 Å². The molecular formula is C18H27NO. The third-order valence-corrected chi connectivity index (χ3v) is 3.83. The van der Waals surface area contributed by atoms with Crippen LogP contribution in [0.5, 0.6) is 0 Å². The molecule has 20 heavy (non-hydrogen) atoms. The first-order valence-corrected chi connectivity index (χ1v) is 7.30. The summed E-state index contributed by atoms with van der Waals surface area (Å²) in [5.74, 6) is 0.878. The highest BCUT2D eigenvalue weighted by atomic mass is 16.3. The van der Waals surface area contributed by atoms with Gasteiger partial charge in [0.05, 0.1) is 6.04 Å². The largest absolute Gasteiger partial charge is 0.459 e. The predicted octanol–water partition coefficient (Wildman–Crippen LogP) is 5.08. The fraction of sp³-hybridized carbons (Fsp3) is 0.556. The maximum atomic E-state index is 6.34. The van der Waals surface area contributed by atoms with Gasteiger partial charge in [0.25, 0.3) is 0 Å². The Hall–Kier alpha value is -1.28. The van der Waals surface area contributed by atoms with Crippen LogP contribution in [0.4, 0.5) is 0 Å². The fourth-order valence-electron chi connectivity index (χ4n) is 2.46. The number of rotatable bonds is 1. The average Bonchev–Trinajstić information content (AvgIpc) is 2.67. The Morgan fingerprint density at radius 2 is 1.60 bits per heavy atom. The summed E-state index contributed by atoms with van der Waals surface area (Å²) in [6.07, 6.45) is 0. The molecule has 0 fully saturated rings. The number of benzene rings is 1. The molecule has 1 aromatic heterocycles. The third-order valence-electron chi connectivity index (χ3n) is 3.83. The second-order valence-electron chi connectivity index (χ2n) is 7.97. The van der Waals surface area contributed by atoms with Crippen molar-refractivity contribution in [2.24, 2.45) is 11.1 Å². The van der Waals surface area contributed by atoms with Crippen LogP contribution < -0.4 is 5.73 Å². The summed E-state index contributed by atoms with van der Waals surface area (Å²) >= 11 is 0. The van der Waals surface area contributed by atoms with Gasteiger partial charge >= 0.3 is 0 Å². The van der Waals surface area contributed by atoms with E-state index in [-0.39, 0.29) is 16.9 Å². The van der Waals surface area contributed by atoms with Gasteiger partial charge in [0.2, 0.25) is 0 Å². The maximum Gasteiger partial charge on any atom is 0.138 e. The van der Waals surface area contributed by atoms with Gasteiger partial charge in [-0.25, -0.2) is 0 Å². The van der Waals surface area contributed by atoms with Gasteiger partial charge in [0.1, 0.15) is 11.3 Å². The average molecular weight is 273 g/mol. The first-order valence-electron chi connectivity index (χ1n) is 7.30. The summed E-state index contributed by atoms with van der Waals surface area (Å²) in [6, 6.07) is 6.40. The van der Waals surface area contributed by atoms with E-state index in [1.807, 2.05) is 0 Å². The topological polar surface area (TPSA) is 39.2 Å². The van der Waals surface area contributed by atoms with Gasteiger partial charge in [-0.2, -0.15) is 0 Å². The molecule has 0 bridgehead atoms. The summed E-state index contributed by atoms with van der Waals surface area (Å²) in [5.41, 5.74) is 9.89. The molecule has 1 unspecified atom stereocenters. The van der Waals surface area contributed by atoms with Crippen LogP contribution in [0.25, 0.3) is 11.0 Å². The number of hydrogen-bond acceptors (Lipinski definition) is 2. The highest BCUT2D eigenvalue weighted by Crippen LogP contribution is 2.37. The molecule has 0 spiro atoms. The van der Waals surface area contributed by atoms with Crippen molar-refractivity contribution in [3.8, 4) is 0 Å². The van der Waals surface area contributed by atoms with Crippen molar-refractivity contribution in [1.29, 1.82) is 0 Å². The molecule has 0 aliphatic carbocycles. The number of nitrogens with two attached hydrogens (primary N) is 1. The predicted molar refractivity (Wildman–Crippen MR) is 86.0 cm³/mol. The lowest BCUT2D eigenvalue weighted by Gasteiger charge is -2.25.